The summed E-state index contributed by atoms with van der Waals surface area (Å²) in [6.07, 6.45) is 0.0549. The van der Waals surface area contributed by atoms with Crippen molar-refractivity contribution in [3.8, 4) is 0 Å². The Hall–Kier alpha value is -0.930. The van der Waals surface area contributed by atoms with Crippen LogP contribution in [0.1, 0.15) is 13.3 Å². The van der Waals surface area contributed by atoms with Crippen molar-refractivity contribution in [3.63, 3.8) is 0 Å². The lowest BCUT2D eigenvalue weighted by atomic mass is 10.2. The van der Waals surface area contributed by atoms with Crippen LogP contribution in [-0.2, 0) is 4.79 Å². The molecule has 0 aliphatic rings. The first-order valence-electron chi connectivity index (χ1n) is 4.81. The third-order valence-electron chi connectivity index (χ3n) is 2.42. The van der Waals surface area contributed by atoms with Crippen LogP contribution in [0.2, 0.25) is 10.0 Å². The van der Waals surface area contributed by atoms with Gasteiger partial charge in [0.1, 0.15) is 0 Å². The maximum Gasteiger partial charge on any atom is 0.305 e. The summed E-state index contributed by atoms with van der Waals surface area (Å²) in [6, 6.07) is 4.97. The smallest absolute Gasteiger partial charge is 0.305 e. The van der Waals surface area contributed by atoms with Crippen LogP contribution >= 0.6 is 23.2 Å². The van der Waals surface area contributed by atoms with Crippen molar-refractivity contribution in [1.29, 1.82) is 0 Å². The molecule has 5 heteroatoms. The van der Waals surface area contributed by atoms with E-state index >= 15 is 0 Å². The molecule has 0 saturated carbocycles. The van der Waals surface area contributed by atoms with Gasteiger partial charge >= 0.3 is 5.97 Å². The number of hydrogen-bond donors (Lipinski definition) is 1. The van der Waals surface area contributed by atoms with Crippen molar-refractivity contribution in [2.24, 2.45) is 0 Å². The number of aliphatic carboxylic acids is 1. The van der Waals surface area contributed by atoms with Gasteiger partial charge in [-0.2, -0.15) is 0 Å². The summed E-state index contributed by atoms with van der Waals surface area (Å²) in [4.78, 5) is 12.4. The highest BCUT2D eigenvalue weighted by Crippen LogP contribution is 2.29. The molecule has 0 amide bonds. The second-order valence-electron chi connectivity index (χ2n) is 3.65. The number of anilines is 1. The average Bonchev–Trinajstić information content (AvgIpc) is 2.19. The first-order chi connectivity index (χ1) is 7.41. The van der Waals surface area contributed by atoms with Crippen molar-refractivity contribution in [3.05, 3.63) is 28.2 Å². The Kier molecular flexibility index (Phi) is 4.44. The summed E-state index contributed by atoms with van der Waals surface area (Å²) in [6.45, 7) is 1.82. The highest BCUT2D eigenvalue weighted by atomic mass is 35.5. The van der Waals surface area contributed by atoms with Crippen LogP contribution < -0.4 is 4.90 Å². The van der Waals surface area contributed by atoms with Crippen molar-refractivity contribution in [2.45, 2.75) is 19.4 Å². The number of nitrogens with zero attached hydrogens (tertiary/aromatic N) is 1. The van der Waals surface area contributed by atoms with Crippen LogP contribution in [0.4, 0.5) is 5.69 Å². The summed E-state index contributed by atoms with van der Waals surface area (Å²) in [5.41, 5.74) is 0.739. The Balaban J connectivity index is 2.90. The fourth-order valence-corrected chi connectivity index (χ4v) is 1.80. The van der Waals surface area contributed by atoms with E-state index in [1.807, 2.05) is 11.8 Å². The Morgan fingerprint density at radius 3 is 2.69 bits per heavy atom. The number of halogens is 2. The minimum atomic E-state index is -0.836. The molecule has 1 aromatic rings. The normalized spacial score (nSPS) is 12.2. The van der Waals surface area contributed by atoms with Crippen LogP contribution in [0, 0.1) is 0 Å². The summed E-state index contributed by atoms with van der Waals surface area (Å²) < 4.78 is 0. The molecular weight excluding hydrogens is 249 g/mol. The fraction of sp³-hybridized carbons (Fsp3) is 0.364. The number of carbonyl (C=O) groups is 1. The highest BCUT2D eigenvalue weighted by molar-refractivity contribution is 6.35. The second kappa shape index (κ2) is 5.41. The van der Waals surface area contributed by atoms with Gasteiger partial charge in [0.25, 0.3) is 0 Å². The number of carboxylic acid groups (broad SMARTS) is 1. The lowest BCUT2D eigenvalue weighted by molar-refractivity contribution is -0.137. The van der Waals surface area contributed by atoms with Crippen molar-refractivity contribution in [1.82, 2.24) is 0 Å². The summed E-state index contributed by atoms with van der Waals surface area (Å²) >= 11 is 11.9. The Morgan fingerprint density at radius 2 is 2.12 bits per heavy atom. The molecule has 1 unspecified atom stereocenters. The van der Waals surface area contributed by atoms with Crippen molar-refractivity contribution < 1.29 is 9.90 Å². The molecular formula is C11H13Cl2NO2. The zero-order chi connectivity index (χ0) is 12.3. The topological polar surface area (TPSA) is 40.5 Å². The molecule has 0 aliphatic carbocycles. The summed E-state index contributed by atoms with van der Waals surface area (Å²) in [7, 11) is 1.80. The lowest BCUT2D eigenvalue weighted by Gasteiger charge is -2.26. The van der Waals surface area contributed by atoms with Crippen LogP contribution in [-0.4, -0.2) is 24.2 Å². The van der Waals surface area contributed by atoms with Crippen LogP contribution in [0.3, 0.4) is 0 Å². The Bertz CT molecular complexity index is 396. The monoisotopic (exact) mass is 261 g/mol. The molecule has 1 atom stereocenters. The molecule has 16 heavy (non-hydrogen) atoms. The second-order valence-corrected chi connectivity index (χ2v) is 4.50. The molecule has 0 fully saturated rings. The van der Waals surface area contributed by atoms with Gasteiger partial charge in [0.05, 0.1) is 17.1 Å². The molecule has 0 radical (unpaired) electrons. The fourth-order valence-electron chi connectivity index (χ4n) is 1.38. The standard InChI is InChI=1S/C11H13Cl2NO2/c1-7(5-11(15)16)14(2)10-6-8(12)3-4-9(10)13/h3-4,6-7H,5H2,1-2H3,(H,15,16). The van der Waals surface area contributed by atoms with E-state index in [-0.39, 0.29) is 12.5 Å². The zero-order valence-electron chi connectivity index (χ0n) is 9.08. The molecule has 0 spiro atoms. The van der Waals surface area contributed by atoms with Gasteiger partial charge in [-0.15, -0.1) is 0 Å². The highest BCUT2D eigenvalue weighted by Gasteiger charge is 2.16. The van der Waals surface area contributed by atoms with Gasteiger partial charge in [0, 0.05) is 18.1 Å². The molecule has 1 N–H and O–H groups in total. The molecule has 1 aromatic carbocycles. The van der Waals surface area contributed by atoms with Gasteiger partial charge in [-0.3, -0.25) is 4.79 Å². The minimum Gasteiger partial charge on any atom is -0.481 e. The van der Waals surface area contributed by atoms with Crippen LogP contribution in [0.25, 0.3) is 0 Å². The molecule has 88 valence electrons. The maximum absolute atomic E-state index is 10.6. The van der Waals surface area contributed by atoms with E-state index in [9.17, 15) is 4.79 Å². The average molecular weight is 262 g/mol. The molecule has 0 saturated heterocycles. The van der Waals surface area contributed by atoms with E-state index in [2.05, 4.69) is 0 Å². The van der Waals surface area contributed by atoms with E-state index < -0.39 is 5.97 Å². The van der Waals surface area contributed by atoms with Gasteiger partial charge in [0.15, 0.2) is 0 Å². The third-order valence-corrected chi connectivity index (χ3v) is 2.97. The van der Waals surface area contributed by atoms with E-state index in [0.717, 1.165) is 5.69 Å². The molecule has 0 bridgehead atoms. The van der Waals surface area contributed by atoms with Gasteiger partial charge in [-0.1, -0.05) is 23.2 Å². The zero-order valence-corrected chi connectivity index (χ0v) is 10.6. The SMILES string of the molecule is CC(CC(=O)O)N(C)c1cc(Cl)ccc1Cl. The van der Waals surface area contributed by atoms with Crippen molar-refractivity contribution in [2.75, 3.05) is 11.9 Å². The predicted octanol–water partition coefficient (Wildman–Crippen LogP) is 3.29. The Labute approximate surface area is 105 Å². The van der Waals surface area contributed by atoms with Crippen molar-refractivity contribution >= 4 is 34.9 Å². The maximum atomic E-state index is 10.6. The number of benzene rings is 1. The molecule has 1 rings (SSSR count). The van der Waals surface area contributed by atoms with E-state index in [1.54, 1.807) is 25.2 Å². The summed E-state index contributed by atoms with van der Waals surface area (Å²) in [5, 5.41) is 9.85. The summed E-state index contributed by atoms with van der Waals surface area (Å²) in [5.74, 6) is -0.836. The van der Waals surface area contributed by atoms with Gasteiger partial charge in [-0.25, -0.2) is 0 Å². The minimum absolute atomic E-state index is 0.0549. The molecule has 0 aliphatic heterocycles. The van der Waals surface area contributed by atoms with Gasteiger partial charge < -0.3 is 10.0 Å². The van der Waals surface area contributed by atoms with E-state index in [0.29, 0.717) is 10.0 Å². The molecule has 3 nitrogen and oxygen atoms in total. The first kappa shape index (κ1) is 13.1. The van der Waals surface area contributed by atoms with Crippen LogP contribution in [0.15, 0.2) is 18.2 Å². The largest absolute Gasteiger partial charge is 0.481 e. The number of hydrogen-bond acceptors (Lipinski definition) is 2. The van der Waals surface area contributed by atoms with Gasteiger partial charge in [0.2, 0.25) is 0 Å². The Morgan fingerprint density at radius 1 is 1.50 bits per heavy atom. The third kappa shape index (κ3) is 3.29. The van der Waals surface area contributed by atoms with Gasteiger partial charge in [-0.05, 0) is 25.1 Å². The number of carboxylic acids is 1. The van der Waals surface area contributed by atoms with Crippen LogP contribution in [0.5, 0.6) is 0 Å². The number of rotatable bonds is 4. The molecule has 0 aromatic heterocycles. The quantitative estimate of drug-likeness (QED) is 0.905. The van der Waals surface area contributed by atoms with E-state index in [1.165, 1.54) is 0 Å². The first-order valence-corrected chi connectivity index (χ1v) is 5.57. The lowest BCUT2D eigenvalue weighted by Crippen LogP contribution is -2.31. The molecule has 0 heterocycles. The predicted molar refractivity (Wildman–Crippen MR) is 66.6 cm³/mol. The van der Waals surface area contributed by atoms with E-state index in [4.69, 9.17) is 28.3 Å².